The second kappa shape index (κ2) is 5.63. The quantitative estimate of drug-likeness (QED) is 0.896. The molecule has 0 saturated heterocycles. The standard InChI is InChI=1S/C17H19NO2/c19-16(11-18-17(20)13-6-3-7-13)15-9-8-12-4-1-2-5-14(12)10-15/h1-2,4-5,8-10,13,16,19H,3,6-7,11H2,(H,18,20). The van der Waals surface area contributed by atoms with Gasteiger partial charge in [0.25, 0.3) is 0 Å². The van der Waals surface area contributed by atoms with Gasteiger partial charge in [-0.2, -0.15) is 0 Å². The van der Waals surface area contributed by atoms with Crippen molar-refractivity contribution in [2.24, 2.45) is 5.92 Å². The Bertz CT molecular complexity index is 619. The number of nitrogens with one attached hydrogen (secondary N) is 1. The van der Waals surface area contributed by atoms with E-state index in [4.69, 9.17) is 0 Å². The highest BCUT2D eigenvalue weighted by atomic mass is 16.3. The van der Waals surface area contributed by atoms with E-state index < -0.39 is 6.10 Å². The lowest BCUT2D eigenvalue weighted by Gasteiger charge is -2.24. The maximum Gasteiger partial charge on any atom is 0.223 e. The minimum absolute atomic E-state index is 0.0797. The van der Waals surface area contributed by atoms with E-state index in [1.807, 2.05) is 42.5 Å². The second-order valence-electron chi connectivity index (χ2n) is 5.50. The highest BCUT2D eigenvalue weighted by Crippen LogP contribution is 2.26. The summed E-state index contributed by atoms with van der Waals surface area (Å²) < 4.78 is 0. The number of amides is 1. The summed E-state index contributed by atoms with van der Waals surface area (Å²) in [4.78, 5) is 11.8. The average molecular weight is 269 g/mol. The molecule has 3 nitrogen and oxygen atoms in total. The molecule has 2 aromatic carbocycles. The summed E-state index contributed by atoms with van der Waals surface area (Å²) in [6.07, 6.45) is 2.46. The van der Waals surface area contributed by atoms with Gasteiger partial charge in [-0.15, -0.1) is 0 Å². The van der Waals surface area contributed by atoms with Crippen molar-refractivity contribution in [3.8, 4) is 0 Å². The van der Waals surface area contributed by atoms with Gasteiger partial charge in [0.1, 0.15) is 0 Å². The number of aliphatic hydroxyl groups excluding tert-OH is 1. The van der Waals surface area contributed by atoms with Crippen molar-refractivity contribution in [2.45, 2.75) is 25.4 Å². The summed E-state index contributed by atoms with van der Waals surface area (Å²) in [5, 5.41) is 15.3. The summed E-state index contributed by atoms with van der Waals surface area (Å²) >= 11 is 0. The van der Waals surface area contributed by atoms with Gasteiger partial charge in [-0.1, -0.05) is 42.8 Å². The van der Waals surface area contributed by atoms with Gasteiger partial charge in [-0.05, 0) is 35.2 Å². The molecule has 1 atom stereocenters. The summed E-state index contributed by atoms with van der Waals surface area (Å²) in [6, 6.07) is 14.0. The zero-order valence-corrected chi connectivity index (χ0v) is 11.4. The summed E-state index contributed by atoms with van der Waals surface area (Å²) in [7, 11) is 0. The molecule has 3 heteroatoms. The lowest BCUT2D eigenvalue weighted by Crippen LogP contribution is -2.36. The van der Waals surface area contributed by atoms with Gasteiger partial charge in [-0.3, -0.25) is 4.79 Å². The molecule has 0 radical (unpaired) electrons. The normalized spacial score (nSPS) is 16.6. The van der Waals surface area contributed by atoms with Crippen LogP contribution in [0.5, 0.6) is 0 Å². The predicted octanol–water partition coefficient (Wildman–Crippen LogP) is 2.79. The van der Waals surface area contributed by atoms with Gasteiger partial charge in [0.2, 0.25) is 5.91 Å². The lowest BCUT2D eigenvalue weighted by atomic mass is 9.85. The third-order valence-electron chi connectivity index (χ3n) is 4.10. The van der Waals surface area contributed by atoms with Crippen molar-refractivity contribution < 1.29 is 9.90 Å². The first-order chi connectivity index (χ1) is 9.74. The average Bonchev–Trinajstić information content (AvgIpc) is 2.42. The van der Waals surface area contributed by atoms with Crippen LogP contribution in [0.25, 0.3) is 10.8 Å². The number of carbonyl (C=O) groups excluding carboxylic acids is 1. The molecule has 104 valence electrons. The molecule has 0 heterocycles. The zero-order chi connectivity index (χ0) is 13.9. The molecule has 1 saturated carbocycles. The van der Waals surface area contributed by atoms with Crippen LogP contribution in [0.15, 0.2) is 42.5 Å². The third-order valence-corrected chi connectivity index (χ3v) is 4.10. The SMILES string of the molecule is O=C(NCC(O)c1ccc2ccccc2c1)C1CCC1. The number of hydrogen-bond donors (Lipinski definition) is 2. The molecular weight excluding hydrogens is 250 g/mol. The van der Waals surface area contributed by atoms with Crippen LogP contribution in [-0.4, -0.2) is 17.6 Å². The minimum Gasteiger partial charge on any atom is -0.387 e. The largest absolute Gasteiger partial charge is 0.387 e. The Hall–Kier alpha value is -1.87. The highest BCUT2D eigenvalue weighted by molar-refractivity contribution is 5.83. The highest BCUT2D eigenvalue weighted by Gasteiger charge is 2.25. The van der Waals surface area contributed by atoms with Crippen LogP contribution in [0.1, 0.15) is 30.9 Å². The van der Waals surface area contributed by atoms with Gasteiger partial charge in [0, 0.05) is 12.5 Å². The molecule has 2 N–H and O–H groups in total. The predicted molar refractivity (Wildman–Crippen MR) is 79.3 cm³/mol. The van der Waals surface area contributed by atoms with Gasteiger partial charge in [0.15, 0.2) is 0 Å². The van der Waals surface area contributed by atoms with Crippen molar-refractivity contribution >= 4 is 16.7 Å². The topological polar surface area (TPSA) is 49.3 Å². The van der Waals surface area contributed by atoms with Crippen molar-refractivity contribution in [1.82, 2.24) is 5.32 Å². The Morgan fingerprint density at radius 1 is 1.20 bits per heavy atom. The first-order valence-corrected chi connectivity index (χ1v) is 7.18. The molecule has 1 fully saturated rings. The molecule has 1 aliphatic carbocycles. The molecule has 0 aliphatic heterocycles. The van der Waals surface area contributed by atoms with Gasteiger partial charge in [0.05, 0.1) is 6.10 Å². The third kappa shape index (κ3) is 2.68. The summed E-state index contributed by atoms with van der Waals surface area (Å²) in [6.45, 7) is 0.285. The fraction of sp³-hybridized carbons (Fsp3) is 0.353. The molecule has 1 unspecified atom stereocenters. The number of rotatable bonds is 4. The Kier molecular flexibility index (Phi) is 3.70. The molecule has 0 spiro atoms. The zero-order valence-electron chi connectivity index (χ0n) is 11.4. The van der Waals surface area contributed by atoms with Crippen LogP contribution in [0.2, 0.25) is 0 Å². The number of carbonyl (C=O) groups is 1. The summed E-state index contributed by atoms with van der Waals surface area (Å²) in [5.74, 6) is 0.245. The molecule has 1 aliphatic rings. The van der Waals surface area contributed by atoms with Crippen LogP contribution in [-0.2, 0) is 4.79 Å². The van der Waals surface area contributed by atoms with E-state index in [1.165, 1.54) is 0 Å². The second-order valence-corrected chi connectivity index (χ2v) is 5.50. The maximum atomic E-state index is 11.8. The Balaban J connectivity index is 1.65. The van der Waals surface area contributed by atoms with Crippen molar-refractivity contribution in [3.63, 3.8) is 0 Å². The van der Waals surface area contributed by atoms with Crippen molar-refractivity contribution in [1.29, 1.82) is 0 Å². The van der Waals surface area contributed by atoms with Gasteiger partial charge in [-0.25, -0.2) is 0 Å². The first-order valence-electron chi connectivity index (χ1n) is 7.18. The molecule has 1 amide bonds. The molecule has 3 rings (SSSR count). The van der Waals surface area contributed by atoms with Crippen molar-refractivity contribution in [3.05, 3.63) is 48.0 Å². The van der Waals surface area contributed by atoms with Crippen molar-refractivity contribution in [2.75, 3.05) is 6.54 Å². The molecular formula is C17H19NO2. The molecule has 20 heavy (non-hydrogen) atoms. The van der Waals surface area contributed by atoms with E-state index >= 15 is 0 Å². The number of hydrogen-bond acceptors (Lipinski definition) is 2. The van der Waals surface area contributed by atoms with Crippen LogP contribution in [0, 0.1) is 5.92 Å². The van der Waals surface area contributed by atoms with E-state index in [1.54, 1.807) is 0 Å². The number of fused-ring (bicyclic) bond motifs is 1. The summed E-state index contributed by atoms with van der Waals surface area (Å²) in [5.41, 5.74) is 0.845. The molecule has 0 aromatic heterocycles. The monoisotopic (exact) mass is 269 g/mol. The van der Waals surface area contributed by atoms with E-state index in [9.17, 15) is 9.90 Å². The first kappa shape index (κ1) is 13.1. The van der Waals surface area contributed by atoms with Gasteiger partial charge >= 0.3 is 0 Å². The van der Waals surface area contributed by atoms with Gasteiger partial charge < -0.3 is 10.4 Å². The Morgan fingerprint density at radius 3 is 2.65 bits per heavy atom. The van der Waals surface area contributed by atoms with Crippen LogP contribution >= 0.6 is 0 Å². The van der Waals surface area contributed by atoms with E-state index in [-0.39, 0.29) is 18.4 Å². The smallest absolute Gasteiger partial charge is 0.223 e. The fourth-order valence-corrected chi connectivity index (χ4v) is 2.54. The Morgan fingerprint density at radius 2 is 1.95 bits per heavy atom. The van der Waals surface area contributed by atoms with Crippen LogP contribution < -0.4 is 5.32 Å². The number of aliphatic hydroxyl groups is 1. The molecule has 2 aromatic rings. The fourth-order valence-electron chi connectivity index (χ4n) is 2.54. The van der Waals surface area contributed by atoms with Crippen LogP contribution in [0.4, 0.5) is 0 Å². The molecule has 0 bridgehead atoms. The maximum absolute atomic E-state index is 11.8. The van der Waals surface area contributed by atoms with E-state index in [0.717, 1.165) is 35.6 Å². The number of benzene rings is 2. The van der Waals surface area contributed by atoms with E-state index in [0.29, 0.717) is 0 Å². The van der Waals surface area contributed by atoms with E-state index in [2.05, 4.69) is 5.32 Å². The minimum atomic E-state index is -0.649. The lowest BCUT2D eigenvalue weighted by molar-refractivity contribution is -0.127. The Labute approximate surface area is 118 Å². The van der Waals surface area contributed by atoms with Crippen LogP contribution in [0.3, 0.4) is 0 Å².